The van der Waals surface area contributed by atoms with Crippen LogP contribution in [0.3, 0.4) is 0 Å². The smallest absolute Gasteiger partial charge is 0.271 e. The minimum Gasteiger partial charge on any atom is -0.337 e. The van der Waals surface area contributed by atoms with Crippen molar-refractivity contribution in [2.75, 3.05) is 13.1 Å². The van der Waals surface area contributed by atoms with Gasteiger partial charge in [-0.25, -0.2) is 0 Å². The second-order valence-corrected chi connectivity index (χ2v) is 6.83. The lowest BCUT2D eigenvalue weighted by atomic mass is 9.84. The van der Waals surface area contributed by atoms with Crippen molar-refractivity contribution in [1.29, 1.82) is 0 Å². The third-order valence-corrected chi connectivity index (χ3v) is 5.45. The molecule has 0 saturated carbocycles. The summed E-state index contributed by atoms with van der Waals surface area (Å²) in [4.78, 5) is 32.9. The van der Waals surface area contributed by atoms with Gasteiger partial charge in [0, 0.05) is 50.2 Å². The molecule has 2 aromatic heterocycles. The van der Waals surface area contributed by atoms with Crippen LogP contribution in [0.1, 0.15) is 41.7 Å². The van der Waals surface area contributed by atoms with Crippen LogP contribution in [0.5, 0.6) is 0 Å². The highest BCUT2D eigenvalue weighted by atomic mass is 16.2. The number of rotatable bonds is 3. The second-order valence-electron chi connectivity index (χ2n) is 6.83. The number of likely N-dealkylation sites (tertiary alicyclic amines) is 2. The number of nitrogens with one attached hydrogen (secondary N) is 1. The number of pyridine rings is 1. The Labute approximate surface area is 146 Å². The van der Waals surface area contributed by atoms with Crippen LogP contribution in [0.2, 0.25) is 0 Å². The Morgan fingerprint density at radius 2 is 2.04 bits per heavy atom. The molecule has 2 aromatic rings. The molecule has 1 spiro atoms. The number of amides is 2. The molecule has 0 atom stereocenters. The first-order valence-electron chi connectivity index (χ1n) is 8.66. The van der Waals surface area contributed by atoms with Crippen molar-refractivity contribution in [1.82, 2.24) is 25.0 Å². The van der Waals surface area contributed by atoms with Crippen LogP contribution in [0.4, 0.5) is 0 Å². The lowest BCUT2D eigenvalue weighted by Crippen LogP contribution is -2.53. The summed E-state index contributed by atoms with van der Waals surface area (Å²) in [7, 11) is 0. The van der Waals surface area contributed by atoms with Crippen LogP contribution >= 0.6 is 0 Å². The van der Waals surface area contributed by atoms with Crippen molar-refractivity contribution in [3.8, 4) is 0 Å². The largest absolute Gasteiger partial charge is 0.337 e. The van der Waals surface area contributed by atoms with E-state index in [9.17, 15) is 9.59 Å². The Kier molecular flexibility index (Phi) is 3.99. The van der Waals surface area contributed by atoms with E-state index in [1.807, 2.05) is 28.1 Å². The molecule has 2 fully saturated rings. The van der Waals surface area contributed by atoms with E-state index in [-0.39, 0.29) is 17.4 Å². The third-order valence-electron chi connectivity index (χ3n) is 5.45. The Balaban J connectivity index is 1.47. The fourth-order valence-electron chi connectivity index (χ4n) is 4.00. The number of hydrogen-bond acceptors (Lipinski definition) is 4. The van der Waals surface area contributed by atoms with Crippen molar-refractivity contribution < 1.29 is 9.59 Å². The molecule has 7 heteroatoms. The SMILES string of the molecule is O=C(c1ccn[nH]1)N1CCC2(CCC(=O)N2Cc2cccnc2)CC1. The quantitative estimate of drug-likeness (QED) is 0.921. The second kappa shape index (κ2) is 6.31. The van der Waals surface area contributed by atoms with Crippen molar-refractivity contribution >= 4 is 11.8 Å². The first-order chi connectivity index (χ1) is 12.2. The Hall–Kier alpha value is -2.70. The monoisotopic (exact) mass is 339 g/mol. The molecule has 1 N–H and O–H groups in total. The zero-order valence-corrected chi connectivity index (χ0v) is 14.0. The predicted octanol–water partition coefficient (Wildman–Crippen LogP) is 1.60. The van der Waals surface area contributed by atoms with Gasteiger partial charge in [0.2, 0.25) is 5.91 Å². The van der Waals surface area contributed by atoms with Crippen LogP contribution in [0.15, 0.2) is 36.8 Å². The highest BCUT2D eigenvalue weighted by Gasteiger charge is 2.47. The topological polar surface area (TPSA) is 82.2 Å². The van der Waals surface area contributed by atoms with Crippen LogP contribution < -0.4 is 0 Å². The van der Waals surface area contributed by atoms with E-state index in [1.54, 1.807) is 18.5 Å². The normalized spacial score (nSPS) is 19.6. The molecule has 4 heterocycles. The standard InChI is InChI=1S/C18H21N5O2/c24-16-3-5-18(23(16)13-14-2-1-8-19-12-14)6-10-22(11-7-18)17(25)15-4-9-20-21-15/h1-2,4,8-9,12H,3,5-7,10-11,13H2,(H,20,21). The van der Waals surface area contributed by atoms with E-state index in [4.69, 9.17) is 0 Å². The van der Waals surface area contributed by atoms with Gasteiger partial charge in [-0.3, -0.25) is 19.7 Å². The van der Waals surface area contributed by atoms with Gasteiger partial charge in [0.05, 0.1) is 0 Å². The fraction of sp³-hybridized carbons (Fsp3) is 0.444. The van der Waals surface area contributed by atoms with E-state index < -0.39 is 0 Å². The van der Waals surface area contributed by atoms with Gasteiger partial charge in [-0.1, -0.05) is 6.07 Å². The lowest BCUT2D eigenvalue weighted by Gasteiger charge is -2.45. The Morgan fingerprint density at radius 3 is 2.72 bits per heavy atom. The van der Waals surface area contributed by atoms with E-state index in [0.717, 1.165) is 24.8 Å². The van der Waals surface area contributed by atoms with Gasteiger partial charge in [-0.2, -0.15) is 5.10 Å². The molecular weight excluding hydrogens is 318 g/mol. The first-order valence-corrected chi connectivity index (χ1v) is 8.66. The maximum absolute atomic E-state index is 12.5. The number of aromatic nitrogens is 3. The van der Waals surface area contributed by atoms with Crippen LogP contribution in [0, 0.1) is 0 Å². The molecule has 2 amide bonds. The number of aromatic amines is 1. The highest BCUT2D eigenvalue weighted by molar-refractivity contribution is 5.92. The van der Waals surface area contributed by atoms with Crippen molar-refractivity contribution in [3.63, 3.8) is 0 Å². The van der Waals surface area contributed by atoms with Crippen molar-refractivity contribution in [2.24, 2.45) is 0 Å². The van der Waals surface area contributed by atoms with Gasteiger partial charge in [-0.15, -0.1) is 0 Å². The zero-order valence-electron chi connectivity index (χ0n) is 14.0. The molecule has 130 valence electrons. The highest BCUT2D eigenvalue weighted by Crippen LogP contribution is 2.40. The molecule has 0 bridgehead atoms. The van der Waals surface area contributed by atoms with Gasteiger partial charge < -0.3 is 9.80 Å². The van der Waals surface area contributed by atoms with Crippen LogP contribution in [-0.2, 0) is 11.3 Å². The third kappa shape index (κ3) is 2.90. The molecule has 0 aromatic carbocycles. The minimum atomic E-state index is -0.127. The average Bonchev–Trinajstić information content (AvgIpc) is 3.28. The molecule has 2 saturated heterocycles. The molecule has 2 aliphatic heterocycles. The lowest BCUT2D eigenvalue weighted by molar-refractivity contribution is -0.133. The van der Waals surface area contributed by atoms with E-state index >= 15 is 0 Å². The summed E-state index contributed by atoms with van der Waals surface area (Å²) in [5.74, 6) is 0.188. The summed E-state index contributed by atoms with van der Waals surface area (Å²) < 4.78 is 0. The Morgan fingerprint density at radius 1 is 1.20 bits per heavy atom. The maximum atomic E-state index is 12.5. The molecule has 4 rings (SSSR count). The van der Waals surface area contributed by atoms with Gasteiger partial charge in [0.25, 0.3) is 5.91 Å². The number of piperidine rings is 1. The molecule has 0 unspecified atom stereocenters. The van der Waals surface area contributed by atoms with E-state index in [2.05, 4.69) is 15.2 Å². The number of carbonyl (C=O) groups is 2. The fourth-order valence-corrected chi connectivity index (χ4v) is 4.00. The number of carbonyl (C=O) groups excluding carboxylic acids is 2. The molecule has 7 nitrogen and oxygen atoms in total. The van der Waals surface area contributed by atoms with Gasteiger partial charge >= 0.3 is 0 Å². The van der Waals surface area contributed by atoms with Crippen LogP contribution in [0.25, 0.3) is 0 Å². The van der Waals surface area contributed by atoms with Crippen molar-refractivity contribution in [2.45, 2.75) is 37.8 Å². The summed E-state index contributed by atoms with van der Waals surface area (Å²) in [5, 5.41) is 6.58. The van der Waals surface area contributed by atoms with Gasteiger partial charge in [0.15, 0.2) is 0 Å². The minimum absolute atomic E-state index is 0.0181. The number of H-pyrrole nitrogens is 1. The number of hydrogen-bond donors (Lipinski definition) is 1. The average molecular weight is 339 g/mol. The van der Waals surface area contributed by atoms with Crippen LogP contribution in [-0.4, -0.2) is 55.4 Å². The van der Waals surface area contributed by atoms with Gasteiger partial charge in [0.1, 0.15) is 5.69 Å². The number of nitrogens with zero attached hydrogens (tertiary/aromatic N) is 4. The Bertz CT molecular complexity index is 751. The molecule has 25 heavy (non-hydrogen) atoms. The molecular formula is C18H21N5O2. The summed E-state index contributed by atoms with van der Waals surface area (Å²) in [6.07, 6.45) is 8.25. The maximum Gasteiger partial charge on any atom is 0.271 e. The molecule has 0 radical (unpaired) electrons. The summed E-state index contributed by atoms with van der Waals surface area (Å²) in [6, 6.07) is 5.60. The van der Waals surface area contributed by atoms with E-state index in [0.29, 0.717) is 31.7 Å². The summed E-state index contributed by atoms with van der Waals surface area (Å²) >= 11 is 0. The first kappa shape index (κ1) is 15.8. The summed E-state index contributed by atoms with van der Waals surface area (Å²) in [6.45, 7) is 1.92. The van der Waals surface area contributed by atoms with E-state index in [1.165, 1.54) is 0 Å². The zero-order chi connectivity index (χ0) is 17.3. The predicted molar refractivity (Wildman–Crippen MR) is 90.5 cm³/mol. The molecule has 0 aliphatic carbocycles. The summed E-state index contributed by atoms with van der Waals surface area (Å²) in [5.41, 5.74) is 1.44. The molecule has 2 aliphatic rings. The van der Waals surface area contributed by atoms with Gasteiger partial charge in [-0.05, 0) is 37.0 Å². The van der Waals surface area contributed by atoms with Crippen molar-refractivity contribution in [3.05, 3.63) is 48.0 Å².